The fourth-order valence-corrected chi connectivity index (χ4v) is 3.98. The van der Waals surface area contributed by atoms with E-state index in [1.165, 1.54) is 24.2 Å². The number of piperidine rings is 1. The standard InChI is InChI=1S/C16H22N2O2S/c19-15(17-13-4-1-2-5-13)12-7-9-18(10-8-12)16(20)14-6-3-11-21-14/h3,6,11-13H,1-2,4-5,7-10H2,(H,17,19). The monoisotopic (exact) mass is 306 g/mol. The Morgan fingerprint density at radius 2 is 1.86 bits per heavy atom. The number of nitrogens with zero attached hydrogens (tertiary/aromatic N) is 1. The molecule has 0 radical (unpaired) electrons. The molecule has 21 heavy (non-hydrogen) atoms. The summed E-state index contributed by atoms with van der Waals surface area (Å²) in [6, 6.07) is 4.16. The molecule has 0 aromatic carbocycles. The molecule has 3 rings (SSSR count). The summed E-state index contributed by atoms with van der Waals surface area (Å²) < 4.78 is 0. The highest BCUT2D eigenvalue weighted by Gasteiger charge is 2.29. The van der Waals surface area contributed by atoms with Crippen molar-refractivity contribution in [2.45, 2.75) is 44.6 Å². The summed E-state index contributed by atoms with van der Waals surface area (Å²) >= 11 is 1.48. The topological polar surface area (TPSA) is 49.4 Å². The molecular formula is C16H22N2O2S. The van der Waals surface area contributed by atoms with Gasteiger partial charge < -0.3 is 10.2 Å². The lowest BCUT2D eigenvalue weighted by Gasteiger charge is -2.31. The van der Waals surface area contributed by atoms with Crippen LogP contribution in [0.15, 0.2) is 17.5 Å². The molecule has 5 heteroatoms. The van der Waals surface area contributed by atoms with E-state index in [4.69, 9.17) is 0 Å². The predicted molar refractivity (Wildman–Crippen MR) is 83.3 cm³/mol. The number of amides is 2. The van der Waals surface area contributed by atoms with E-state index in [0.717, 1.165) is 30.6 Å². The summed E-state index contributed by atoms with van der Waals surface area (Å²) in [7, 11) is 0. The molecule has 2 fully saturated rings. The number of likely N-dealkylation sites (tertiary alicyclic amines) is 1. The summed E-state index contributed by atoms with van der Waals surface area (Å²) in [4.78, 5) is 27.2. The third kappa shape index (κ3) is 3.46. The molecule has 1 saturated heterocycles. The average molecular weight is 306 g/mol. The molecule has 1 aliphatic heterocycles. The van der Waals surface area contributed by atoms with Gasteiger partial charge in [-0.25, -0.2) is 0 Å². The van der Waals surface area contributed by atoms with Crippen LogP contribution in [0.2, 0.25) is 0 Å². The van der Waals surface area contributed by atoms with Gasteiger partial charge in [0.2, 0.25) is 5.91 Å². The zero-order valence-electron chi connectivity index (χ0n) is 12.2. The van der Waals surface area contributed by atoms with E-state index >= 15 is 0 Å². The Hall–Kier alpha value is -1.36. The van der Waals surface area contributed by atoms with Crippen LogP contribution in [0.5, 0.6) is 0 Å². The van der Waals surface area contributed by atoms with Crippen LogP contribution in [0.25, 0.3) is 0 Å². The highest BCUT2D eigenvalue weighted by atomic mass is 32.1. The minimum Gasteiger partial charge on any atom is -0.353 e. The predicted octanol–water partition coefficient (Wildman–Crippen LogP) is 2.66. The van der Waals surface area contributed by atoms with Gasteiger partial charge in [0, 0.05) is 25.0 Å². The molecule has 2 heterocycles. The Morgan fingerprint density at radius 3 is 2.48 bits per heavy atom. The summed E-state index contributed by atoms with van der Waals surface area (Å²) in [5, 5.41) is 5.11. The molecule has 0 bridgehead atoms. The first-order valence-corrected chi connectivity index (χ1v) is 8.75. The second kappa shape index (κ2) is 6.60. The molecule has 0 atom stereocenters. The first kappa shape index (κ1) is 14.6. The molecule has 4 nitrogen and oxygen atoms in total. The molecular weight excluding hydrogens is 284 g/mol. The molecule has 1 N–H and O–H groups in total. The highest BCUT2D eigenvalue weighted by molar-refractivity contribution is 7.12. The van der Waals surface area contributed by atoms with Gasteiger partial charge in [0.1, 0.15) is 0 Å². The van der Waals surface area contributed by atoms with Gasteiger partial charge in [-0.3, -0.25) is 9.59 Å². The summed E-state index contributed by atoms with van der Waals surface area (Å²) in [5.41, 5.74) is 0. The average Bonchev–Trinajstić information content (AvgIpc) is 3.20. The quantitative estimate of drug-likeness (QED) is 0.933. The van der Waals surface area contributed by atoms with E-state index in [1.807, 2.05) is 22.4 Å². The first-order chi connectivity index (χ1) is 10.2. The zero-order valence-corrected chi connectivity index (χ0v) is 13.0. The van der Waals surface area contributed by atoms with Crippen LogP contribution < -0.4 is 5.32 Å². The largest absolute Gasteiger partial charge is 0.353 e. The third-order valence-corrected chi connectivity index (χ3v) is 5.44. The Morgan fingerprint density at radius 1 is 1.14 bits per heavy atom. The lowest BCUT2D eigenvalue weighted by molar-refractivity contribution is -0.127. The Kier molecular flexibility index (Phi) is 4.58. The van der Waals surface area contributed by atoms with Crippen molar-refractivity contribution in [2.75, 3.05) is 13.1 Å². The molecule has 2 aliphatic rings. The van der Waals surface area contributed by atoms with E-state index in [0.29, 0.717) is 19.1 Å². The SMILES string of the molecule is O=C(NC1CCCC1)C1CCN(C(=O)c2cccs2)CC1. The van der Waals surface area contributed by atoms with Gasteiger partial charge in [-0.2, -0.15) is 0 Å². The number of hydrogen-bond donors (Lipinski definition) is 1. The summed E-state index contributed by atoms with van der Waals surface area (Å²) in [5.74, 6) is 0.391. The van der Waals surface area contributed by atoms with Gasteiger partial charge in [0.25, 0.3) is 5.91 Å². The van der Waals surface area contributed by atoms with E-state index in [-0.39, 0.29) is 17.7 Å². The second-order valence-electron chi connectivity index (χ2n) is 6.03. The lowest BCUT2D eigenvalue weighted by Crippen LogP contribution is -2.44. The van der Waals surface area contributed by atoms with Gasteiger partial charge >= 0.3 is 0 Å². The number of nitrogens with one attached hydrogen (secondary N) is 1. The maximum atomic E-state index is 12.3. The number of carbonyl (C=O) groups is 2. The zero-order chi connectivity index (χ0) is 14.7. The fourth-order valence-electron chi connectivity index (χ4n) is 3.29. The maximum absolute atomic E-state index is 12.3. The molecule has 1 saturated carbocycles. The van der Waals surface area contributed by atoms with Crippen molar-refractivity contribution in [2.24, 2.45) is 5.92 Å². The van der Waals surface area contributed by atoms with Crippen LogP contribution in [0.3, 0.4) is 0 Å². The normalized spacial score (nSPS) is 20.7. The van der Waals surface area contributed by atoms with Crippen molar-refractivity contribution < 1.29 is 9.59 Å². The van der Waals surface area contributed by atoms with Gasteiger partial charge in [0.15, 0.2) is 0 Å². The van der Waals surface area contributed by atoms with Crippen LogP contribution >= 0.6 is 11.3 Å². The van der Waals surface area contributed by atoms with Crippen LogP contribution in [0.1, 0.15) is 48.2 Å². The first-order valence-electron chi connectivity index (χ1n) is 7.87. The second-order valence-corrected chi connectivity index (χ2v) is 6.98. The molecule has 1 aromatic rings. The lowest BCUT2D eigenvalue weighted by atomic mass is 9.95. The molecule has 2 amide bonds. The molecule has 0 spiro atoms. The van der Waals surface area contributed by atoms with Crippen molar-refractivity contribution in [1.82, 2.24) is 10.2 Å². The van der Waals surface area contributed by atoms with E-state index in [9.17, 15) is 9.59 Å². The minimum atomic E-state index is 0.0815. The van der Waals surface area contributed by atoms with E-state index in [2.05, 4.69) is 5.32 Å². The fraction of sp³-hybridized carbons (Fsp3) is 0.625. The smallest absolute Gasteiger partial charge is 0.263 e. The molecule has 1 aromatic heterocycles. The van der Waals surface area contributed by atoms with Crippen molar-refractivity contribution in [3.63, 3.8) is 0 Å². The van der Waals surface area contributed by atoms with Gasteiger partial charge in [0.05, 0.1) is 4.88 Å². The Bertz CT molecular complexity index is 486. The molecule has 114 valence electrons. The summed E-state index contributed by atoms with van der Waals surface area (Å²) in [6.45, 7) is 1.39. The number of carbonyl (C=O) groups excluding carboxylic acids is 2. The van der Waals surface area contributed by atoms with Crippen molar-refractivity contribution >= 4 is 23.2 Å². The van der Waals surface area contributed by atoms with Crippen LogP contribution in [-0.4, -0.2) is 35.8 Å². The van der Waals surface area contributed by atoms with Gasteiger partial charge in [-0.15, -0.1) is 11.3 Å². The Labute approximate surface area is 129 Å². The van der Waals surface area contributed by atoms with Crippen LogP contribution in [-0.2, 0) is 4.79 Å². The number of hydrogen-bond acceptors (Lipinski definition) is 3. The summed E-state index contributed by atoms with van der Waals surface area (Å²) in [6.07, 6.45) is 6.30. The van der Waals surface area contributed by atoms with Crippen molar-refractivity contribution in [1.29, 1.82) is 0 Å². The van der Waals surface area contributed by atoms with Gasteiger partial charge in [-0.1, -0.05) is 18.9 Å². The number of rotatable bonds is 3. The minimum absolute atomic E-state index is 0.0815. The Balaban J connectivity index is 1.48. The van der Waals surface area contributed by atoms with Crippen LogP contribution in [0.4, 0.5) is 0 Å². The van der Waals surface area contributed by atoms with Crippen molar-refractivity contribution in [3.05, 3.63) is 22.4 Å². The third-order valence-electron chi connectivity index (χ3n) is 4.59. The van der Waals surface area contributed by atoms with Gasteiger partial charge in [-0.05, 0) is 37.1 Å². The van der Waals surface area contributed by atoms with E-state index < -0.39 is 0 Å². The maximum Gasteiger partial charge on any atom is 0.263 e. The molecule has 0 unspecified atom stereocenters. The van der Waals surface area contributed by atoms with E-state index in [1.54, 1.807) is 0 Å². The van der Waals surface area contributed by atoms with Crippen molar-refractivity contribution in [3.8, 4) is 0 Å². The van der Waals surface area contributed by atoms with Crippen LogP contribution in [0, 0.1) is 5.92 Å². The number of thiophene rings is 1. The highest BCUT2D eigenvalue weighted by Crippen LogP contribution is 2.23. The molecule has 1 aliphatic carbocycles.